The third kappa shape index (κ3) is 4.82. The second-order valence-electron chi connectivity index (χ2n) is 3.79. The number of thiophene rings is 1. The first-order chi connectivity index (χ1) is 6.18. The van der Waals surface area contributed by atoms with E-state index in [-0.39, 0.29) is 0 Å². The molecule has 0 aromatic carbocycles. The van der Waals surface area contributed by atoms with Gasteiger partial charge in [-0.15, -0.1) is 0 Å². The minimum Gasteiger partial charge on any atom is -0.152 e. The summed E-state index contributed by atoms with van der Waals surface area (Å²) in [5.74, 6) is 0.828. The summed E-state index contributed by atoms with van der Waals surface area (Å²) in [6.45, 7) is 4.56. The topological polar surface area (TPSA) is 0 Å². The molecular formula is C11H17BrS. The Bertz CT molecular complexity index is 216. The van der Waals surface area contributed by atoms with Crippen molar-refractivity contribution < 1.29 is 0 Å². The summed E-state index contributed by atoms with van der Waals surface area (Å²) < 4.78 is 0. The van der Waals surface area contributed by atoms with Gasteiger partial charge in [0.05, 0.1) is 0 Å². The van der Waals surface area contributed by atoms with E-state index in [9.17, 15) is 0 Å². The second kappa shape index (κ2) is 5.82. The predicted octanol–water partition coefficient (Wildman–Crippen LogP) is 4.49. The van der Waals surface area contributed by atoms with E-state index in [0.29, 0.717) is 4.83 Å². The molecule has 0 bridgehead atoms. The maximum atomic E-state index is 3.60. The fraction of sp³-hybridized carbons (Fsp3) is 0.636. The second-order valence-corrected chi connectivity index (χ2v) is 6.14. The van der Waals surface area contributed by atoms with Crippen molar-refractivity contribution in [2.75, 3.05) is 0 Å². The van der Waals surface area contributed by atoms with Gasteiger partial charge in [0.15, 0.2) is 0 Å². The van der Waals surface area contributed by atoms with Crippen LogP contribution in [0, 0.1) is 5.92 Å². The molecule has 0 nitrogen and oxygen atoms in total. The normalized spacial score (nSPS) is 15.6. The molecule has 0 spiro atoms. The highest BCUT2D eigenvalue weighted by atomic mass is 79.9. The molecule has 1 aromatic rings. The first-order valence-electron chi connectivity index (χ1n) is 4.83. The molecule has 0 radical (unpaired) electrons. The molecule has 0 aliphatic carbocycles. The lowest BCUT2D eigenvalue weighted by Gasteiger charge is -2.11. The van der Waals surface area contributed by atoms with Gasteiger partial charge in [-0.05, 0) is 47.6 Å². The van der Waals surface area contributed by atoms with Crippen molar-refractivity contribution >= 4 is 27.3 Å². The first-order valence-corrected chi connectivity index (χ1v) is 6.69. The summed E-state index contributed by atoms with van der Waals surface area (Å²) >= 11 is 5.39. The lowest BCUT2D eigenvalue weighted by molar-refractivity contribution is 0.495. The van der Waals surface area contributed by atoms with Gasteiger partial charge in [-0.3, -0.25) is 0 Å². The number of rotatable bonds is 5. The quantitative estimate of drug-likeness (QED) is 0.685. The van der Waals surface area contributed by atoms with Crippen LogP contribution in [0.1, 0.15) is 32.3 Å². The van der Waals surface area contributed by atoms with E-state index in [1.807, 2.05) is 0 Å². The van der Waals surface area contributed by atoms with Crippen molar-refractivity contribution in [3.05, 3.63) is 22.4 Å². The van der Waals surface area contributed by atoms with Crippen molar-refractivity contribution in [3.8, 4) is 0 Å². The van der Waals surface area contributed by atoms with Gasteiger partial charge >= 0.3 is 0 Å². The molecule has 0 fully saturated rings. The molecule has 1 rings (SSSR count). The highest BCUT2D eigenvalue weighted by Gasteiger charge is 2.06. The monoisotopic (exact) mass is 260 g/mol. The van der Waals surface area contributed by atoms with Gasteiger partial charge in [-0.25, -0.2) is 0 Å². The smallest absolute Gasteiger partial charge is 0.0120 e. The van der Waals surface area contributed by atoms with E-state index in [0.717, 1.165) is 5.92 Å². The molecule has 2 unspecified atom stereocenters. The van der Waals surface area contributed by atoms with Crippen molar-refractivity contribution in [3.63, 3.8) is 0 Å². The van der Waals surface area contributed by atoms with E-state index < -0.39 is 0 Å². The van der Waals surface area contributed by atoms with Crippen LogP contribution in [0.2, 0.25) is 0 Å². The Morgan fingerprint density at radius 2 is 2.23 bits per heavy atom. The minimum absolute atomic E-state index is 0.657. The zero-order chi connectivity index (χ0) is 9.68. The number of hydrogen-bond donors (Lipinski definition) is 0. The van der Waals surface area contributed by atoms with Crippen LogP contribution in [0.3, 0.4) is 0 Å². The average Bonchev–Trinajstić information content (AvgIpc) is 2.51. The van der Waals surface area contributed by atoms with Crippen molar-refractivity contribution in [1.82, 2.24) is 0 Å². The van der Waals surface area contributed by atoms with Crippen molar-refractivity contribution in [2.24, 2.45) is 5.92 Å². The van der Waals surface area contributed by atoms with Crippen LogP contribution in [-0.4, -0.2) is 4.83 Å². The van der Waals surface area contributed by atoms with Gasteiger partial charge in [0.2, 0.25) is 0 Å². The zero-order valence-electron chi connectivity index (χ0n) is 8.29. The lowest BCUT2D eigenvalue weighted by atomic mass is 9.98. The molecule has 0 N–H and O–H groups in total. The number of hydrogen-bond acceptors (Lipinski definition) is 1. The molecule has 0 saturated carbocycles. The Hall–Kier alpha value is 0.180. The summed E-state index contributed by atoms with van der Waals surface area (Å²) in [4.78, 5) is 0.657. The highest BCUT2D eigenvalue weighted by molar-refractivity contribution is 9.09. The fourth-order valence-electron chi connectivity index (χ4n) is 1.52. The van der Waals surface area contributed by atoms with Crippen LogP contribution in [-0.2, 0) is 6.42 Å². The van der Waals surface area contributed by atoms with Crippen LogP contribution in [0.25, 0.3) is 0 Å². The van der Waals surface area contributed by atoms with Gasteiger partial charge in [0.25, 0.3) is 0 Å². The predicted molar refractivity (Wildman–Crippen MR) is 64.8 cm³/mol. The first kappa shape index (κ1) is 11.3. The Balaban J connectivity index is 2.19. The van der Waals surface area contributed by atoms with Crippen LogP contribution < -0.4 is 0 Å². The summed E-state index contributed by atoms with van der Waals surface area (Å²) in [5, 5.41) is 4.41. The van der Waals surface area contributed by atoms with Crippen LogP contribution in [0.4, 0.5) is 0 Å². The Morgan fingerprint density at radius 1 is 1.46 bits per heavy atom. The summed E-state index contributed by atoms with van der Waals surface area (Å²) in [6.07, 6.45) is 3.83. The molecule has 0 aliphatic rings. The number of halogens is 1. The molecule has 2 atom stereocenters. The number of aryl methyl sites for hydroxylation is 1. The van der Waals surface area contributed by atoms with Crippen molar-refractivity contribution in [2.45, 2.75) is 37.9 Å². The molecular weight excluding hydrogens is 244 g/mol. The van der Waals surface area contributed by atoms with Crippen LogP contribution >= 0.6 is 27.3 Å². The molecule has 2 heteroatoms. The van der Waals surface area contributed by atoms with Crippen molar-refractivity contribution in [1.29, 1.82) is 0 Å². The van der Waals surface area contributed by atoms with Gasteiger partial charge in [0, 0.05) is 4.83 Å². The van der Waals surface area contributed by atoms with Gasteiger partial charge in [-0.1, -0.05) is 29.8 Å². The molecule has 0 aliphatic heterocycles. The molecule has 1 heterocycles. The van der Waals surface area contributed by atoms with Crippen LogP contribution in [0.5, 0.6) is 0 Å². The molecule has 13 heavy (non-hydrogen) atoms. The SMILES string of the molecule is CC(Br)CC(C)CCc1ccsc1. The largest absolute Gasteiger partial charge is 0.152 e. The van der Waals surface area contributed by atoms with E-state index >= 15 is 0 Å². The molecule has 0 amide bonds. The minimum atomic E-state index is 0.657. The van der Waals surface area contributed by atoms with E-state index in [4.69, 9.17) is 0 Å². The van der Waals surface area contributed by atoms with Crippen LogP contribution in [0.15, 0.2) is 16.8 Å². The molecule has 74 valence electrons. The highest BCUT2D eigenvalue weighted by Crippen LogP contribution is 2.18. The third-order valence-corrected chi connectivity index (χ3v) is 3.34. The lowest BCUT2D eigenvalue weighted by Crippen LogP contribution is -2.02. The van der Waals surface area contributed by atoms with E-state index in [2.05, 4.69) is 46.6 Å². The van der Waals surface area contributed by atoms with E-state index in [1.165, 1.54) is 24.8 Å². The standard InChI is InChI=1S/C11H17BrS/c1-9(7-10(2)12)3-4-11-5-6-13-8-11/h5-6,8-10H,3-4,7H2,1-2H3. The maximum absolute atomic E-state index is 3.60. The fourth-order valence-corrected chi connectivity index (χ4v) is 2.86. The van der Waals surface area contributed by atoms with E-state index in [1.54, 1.807) is 11.3 Å². The number of alkyl halides is 1. The molecule has 0 saturated heterocycles. The third-order valence-electron chi connectivity index (χ3n) is 2.23. The maximum Gasteiger partial charge on any atom is 0.0120 e. The Morgan fingerprint density at radius 3 is 2.77 bits per heavy atom. The summed E-state index contributed by atoms with van der Waals surface area (Å²) in [7, 11) is 0. The van der Waals surface area contributed by atoms with Gasteiger partial charge in [0.1, 0.15) is 0 Å². The molecule has 1 aromatic heterocycles. The Labute approximate surface area is 93.5 Å². The summed E-state index contributed by atoms with van der Waals surface area (Å²) in [5.41, 5.74) is 1.50. The van der Waals surface area contributed by atoms with Gasteiger partial charge in [-0.2, -0.15) is 11.3 Å². The zero-order valence-corrected chi connectivity index (χ0v) is 10.7. The summed E-state index contributed by atoms with van der Waals surface area (Å²) in [6, 6.07) is 2.23. The van der Waals surface area contributed by atoms with Gasteiger partial charge < -0.3 is 0 Å². The average molecular weight is 261 g/mol. The Kier molecular flexibility index (Phi) is 5.04.